The first-order valence-electron chi connectivity index (χ1n) is 19.5. The third kappa shape index (κ3) is 5.08. The monoisotopic (exact) mass is 708 g/mol. The molecule has 2 nitrogen and oxygen atoms in total. The molecule has 1 aliphatic heterocycles. The van der Waals surface area contributed by atoms with Crippen LogP contribution in [0.5, 0.6) is 0 Å². The maximum atomic E-state index is 4.69. The van der Waals surface area contributed by atoms with E-state index in [4.69, 9.17) is 6.58 Å². The highest BCUT2D eigenvalue weighted by atomic mass is 15.3. The molecule has 3 aliphatic rings. The number of hydrogen-bond acceptors (Lipinski definition) is 2. The molecule has 2 aliphatic carbocycles. The maximum Gasteiger partial charge on any atom is 0.0663 e. The third-order valence-electron chi connectivity index (χ3n) is 12.3. The average Bonchev–Trinajstić information content (AvgIpc) is 3.42. The molecular formula is C53H44N2. The number of para-hydroxylation sites is 2. The molecule has 7 aromatic rings. The lowest BCUT2D eigenvalue weighted by Gasteiger charge is -2.45. The van der Waals surface area contributed by atoms with E-state index >= 15 is 0 Å². The van der Waals surface area contributed by atoms with Gasteiger partial charge in [-0.3, -0.25) is 0 Å². The van der Waals surface area contributed by atoms with Crippen molar-refractivity contribution in [3.8, 4) is 0 Å². The van der Waals surface area contributed by atoms with E-state index in [1.807, 2.05) is 0 Å². The Balaban J connectivity index is 1.20. The molecule has 0 aromatic heterocycles. The van der Waals surface area contributed by atoms with Crippen LogP contribution in [0.2, 0.25) is 0 Å². The normalized spacial score (nSPS) is 18.8. The van der Waals surface area contributed by atoms with Crippen LogP contribution in [0.4, 0.5) is 11.4 Å². The minimum absolute atomic E-state index is 0.188. The molecule has 55 heavy (non-hydrogen) atoms. The summed E-state index contributed by atoms with van der Waals surface area (Å²) in [6.45, 7) is 14.1. The quantitative estimate of drug-likeness (QED) is 0.168. The van der Waals surface area contributed by atoms with Crippen molar-refractivity contribution >= 4 is 54.8 Å². The molecule has 0 N–H and O–H groups in total. The van der Waals surface area contributed by atoms with E-state index in [1.165, 1.54) is 88.6 Å². The predicted octanol–water partition coefficient (Wildman–Crippen LogP) is 14.0. The first kappa shape index (κ1) is 33.2. The zero-order valence-corrected chi connectivity index (χ0v) is 32.0. The largest absolute Gasteiger partial charge is 0.311 e. The topological polar surface area (TPSA) is 6.48 Å². The van der Waals surface area contributed by atoms with Gasteiger partial charge in [0.15, 0.2) is 0 Å². The van der Waals surface area contributed by atoms with Crippen LogP contribution in [0.1, 0.15) is 50.8 Å². The smallest absolute Gasteiger partial charge is 0.0663 e. The fourth-order valence-electron chi connectivity index (χ4n) is 9.68. The van der Waals surface area contributed by atoms with E-state index in [0.29, 0.717) is 0 Å². The molecule has 2 heteroatoms. The zero-order chi connectivity index (χ0) is 37.4. The summed E-state index contributed by atoms with van der Waals surface area (Å²) < 4.78 is 0. The molecule has 0 fully saturated rings. The second-order valence-electron chi connectivity index (χ2n) is 15.9. The Hall–Kier alpha value is -6.38. The van der Waals surface area contributed by atoms with Crippen molar-refractivity contribution in [3.63, 3.8) is 0 Å². The Morgan fingerprint density at radius 3 is 1.76 bits per heavy atom. The first-order chi connectivity index (χ1) is 26.8. The molecule has 1 unspecified atom stereocenters. The van der Waals surface area contributed by atoms with E-state index in [1.54, 1.807) is 0 Å². The van der Waals surface area contributed by atoms with Gasteiger partial charge >= 0.3 is 0 Å². The van der Waals surface area contributed by atoms with Crippen molar-refractivity contribution < 1.29 is 0 Å². The standard InChI is InChI=1S/C53H44N2/c1-34-30-38(37-28-29-46-44-25-13-12-23-42(44)43-24-14-15-26-45(43)47(46)31-37)32-51-52(34)55(40-20-10-7-11-21-40)50(36(3)54(51)39-18-8-6-9-19-39)33-49-35(2)41-22-16-17-27-48(41)53(49,4)5/h6-29,31-34H,2,30H2,1,3-5H3. The van der Waals surface area contributed by atoms with Gasteiger partial charge < -0.3 is 9.80 Å². The number of benzene rings is 7. The number of allylic oxidation sites excluding steroid dienone is 7. The molecule has 1 atom stereocenters. The molecule has 266 valence electrons. The van der Waals surface area contributed by atoms with Crippen molar-refractivity contribution in [2.75, 3.05) is 9.80 Å². The lowest BCUT2D eigenvalue weighted by molar-refractivity contribution is 0.644. The summed E-state index contributed by atoms with van der Waals surface area (Å²) >= 11 is 0. The van der Waals surface area contributed by atoms with E-state index < -0.39 is 0 Å². The Kier molecular flexibility index (Phi) is 7.61. The van der Waals surface area contributed by atoms with Crippen LogP contribution >= 0.6 is 0 Å². The summed E-state index contributed by atoms with van der Waals surface area (Å²) in [7, 11) is 0. The predicted molar refractivity (Wildman–Crippen MR) is 235 cm³/mol. The molecule has 0 amide bonds. The van der Waals surface area contributed by atoms with Crippen LogP contribution in [0.15, 0.2) is 199 Å². The van der Waals surface area contributed by atoms with Gasteiger partial charge in [-0.25, -0.2) is 0 Å². The van der Waals surface area contributed by atoms with E-state index in [0.717, 1.165) is 17.7 Å². The number of hydrogen-bond donors (Lipinski definition) is 0. The molecule has 0 saturated carbocycles. The van der Waals surface area contributed by atoms with Crippen molar-refractivity contribution in [1.82, 2.24) is 0 Å². The minimum Gasteiger partial charge on any atom is -0.311 e. The van der Waals surface area contributed by atoms with Crippen LogP contribution in [0, 0.1) is 5.92 Å². The van der Waals surface area contributed by atoms with Gasteiger partial charge in [-0.2, -0.15) is 0 Å². The summed E-state index contributed by atoms with van der Waals surface area (Å²) in [5.41, 5.74) is 14.6. The number of anilines is 2. The Morgan fingerprint density at radius 1 is 0.618 bits per heavy atom. The highest BCUT2D eigenvalue weighted by molar-refractivity contribution is 6.25. The summed E-state index contributed by atoms with van der Waals surface area (Å²) in [5, 5.41) is 7.83. The van der Waals surface area contributed by atoms with E-state index in [-0.39, 0.29) is 11.3 Å². The van der Waals surface area contributed by atoms with Gasteiger partial charge in [0.05, 0.1) is 17.1 Å². The van der Waals surface area contributed by atoms with Crippen LogP contribution < -0.4 is 9.80 Å². The third-order valence-corrected chi connectivity index (χ3v) is 12.3. The van der Waals surface area contributed by atoms with Crippen molar-refractivity contribution in [3.05, 3.63) is 215 Å². The van der Waals surface area contributed by atoms with Gasteiger partial charge in [-0.05, 0) is 122 Å². The Bertz CT molecular complexity index is 2810. The number of nitrogens with zero attached hydrogens (tertiary/aromatic N) is 2. The molecule has 7 aromatic carbocycles. The van der Waals surface area contributed by atoms with E-state index in [2.05, 4.69) is 201 Å². The molecular weight excluding hydrogens is 665 g/mol. The molecule has 0 radical (unpaired) electrons. The lowest BCUT2D eigenvalue weighted by Crippen LogP contribution is -2.40. The molecule has 0 spiro atoms. The minimum atomic E-state index is -0.188. The average molecular weight is 709 g/mol. The van der Waals surface area contributed by atoms with E-state index in [9.17, 15) is 0 Å². The van der Waals surface area contributed by atoms with Gasteiger partial charge in [0.2, 0.25) is 0 Å². The molecule has 0 saturated heterocycles. The van der Waals surface area contributed by atoms with Crippen molar-refractivity contribution in [2.24, 2.45) is 5.92 Å². The summed E-state index contributed by atoms with van der Waals surface area (Å²) in [6.07, 6.45) is 5.84. The summed E-state index contributed by atoms with van der Waals surface area (Å²) in [4.78, 5) is 5.04. The highest BCUT2D eigenvalue weighted by Crippen LogP contribution is 2.52. The Labute approximate surface area is 324 Å². The van der Waals surface area contributed by atoms with Crippen LogP contribution in [0.3, 0.4) is 0 Å². The number of fused-ring (bicyclic) bond motifs is 7. The van der Waals surface area contributed by atoms with Crippen molar-refractivity contribution in [1.29, 1.82) is 0 Å². The second-order valence-corrected chi connectivity index (χ2v) is 15.9. The maximum absolute atomic E-state index is 4.69. The van der Waals surface area contributed by atoms with Gasteiger partial charge in [0.1, 0.15) is 0 Å². The van der Waals surface area contributed by atoms with Crippen molar-refractivity contribution in [2.45, 2.75) is 39.5 Å². The molecule has 1 heterocycles. The second kappa shape index (κ2) is 12.6. The Morgan fingerprint density at radius 2 is 1.15 bits per heavy atom. The highest BCUT2D eigenvalue weighted by Gasteiger charge is 2.40. The van der Waals surface area contributed by atoms with Crippen LogP contribution in [-0.4, -0.2) is 0 Å². The first-order valence-corrected chi connectivity index (χ1v) is 19.5. The zero-order valence-electron chi connectivity index (χ0n) is 32.0. The SMILES string of the molecule is C=C1C(=CC2=C(C)N(c3ccccc3)C3=C(C(C)CC(c4ccc5c6ccccc6c6ccccc6c5c4)=C3)N2c2ccccc2)C(C)(C)c2ccccc21. The fraction of sp³-hybridized carbons (Fsp3) is 0.132. The summed E-state index contributed by atoms with van der Waals surface area (Å²) in [5.74, 6) is 0.226. The summed E-state index contributed by atoms with van der Waals surface area (Å²) in [6, 6.07) is 55.5. The number of rotatable bonds is 4. The molecule has 0 bridgehead atoms. The van der Waals surface area contributed by atoms with Gasteiger partial charge in [-0.1, -0.05) is 149 Å². The van der Waals surface area contributed by atoms with Gasteiger partial charge in [0.25, 0.3) is 0 Å². The van der Waals surface area contributed by atoms with Crippen LogP contribution in [0.25, 0.3) is 43.5 Å². The molecule has 10 rings (SSSR count). The van der Waals surface area contributed by atoms with Crippen LogP contribution in [-0.2, 0) is 5.41 Å². The van der Waals surface area contributed by atoms with Gasteiger partial charge in [0, 0.05) is 28.4 Å². The lowest BCUT2D eigenvalue weighted by atomic mass is 9.80. The van der Waals surface area contributed by atoms with Gasteiger partial charge in [-0.15, -0.1) is 0 Å². The fourth-order valence-corrected chi connectivity index (χ4v) is 9.68.